The highest BCUT2D eigenvalue weighted by atomic mass is 32.2. The molecule has 0 saturated heterocycles. The fourth-order valence-electron chi connectivity index (χ4n) is 2.58. The molecule has 1 saturated carbocycles. The molecular weight excluding hydrogens is 329 g/mol. The highest BCUT2D eigenvalue weighted by molar-refractivity contribution is 8.00. The van der Waals surface area contributed by atoms with Crippen molar-refractivity contribution in [3.63, 3.8) is 0 Å². The molecule has 1 aromatic heterocycles. The van der Waals surface area contributed by atoms with Gasteiger partial charge in [-0.25, -0.2) is 9.37 Å². The van der Waals surface area contributed by atoms with Crippen LogP contribution in [0.25, 0.3) is 0 Å². The second kappa shape index (κ2) is 7.36. The number of hydrogen-bond acceptors (Lipinski definition) is 6. The molecule has 128 valence electrons. The Balaban J connectivity index is 1.60. The highest BCUT2D eigenvalue weighted by Gasteiger charge is 2.45. The number of ether oxygens (including phenoxy) is 1. The minimum Gasteiger partial charge on any atom is -0.439 e. The molecule has 0 aliphatic heterocycles. The normalized spacial score (nSPS) is 22.7. The molecule has 2 N–H and O–H groups in total. The number of rotatable bonds is 7. The zero-order chi connectivity index (χ0) is 17.0. The van der Waals surface area contributed by atoms with E-state index < -0.39 is 5.60 Å². The van der Waals surface area contributed by atoms with Crippen LogP contribution in [0.3, 0.4) is 0 Å². The Morgan fingerprint density at radius 1 is 1.38 bits per heavy atom. The summed E-state index contributed by atoms with van der Waals surface area (Å²) < 4.78 is 18.5. The summed E-state index contributed by atoms with van der Waals surface area (Å²) in [5.41, 5.74) is -0.710. The fourth-order valence-corrected chi connectivity index (χ4v) is 3.78. The molecule has 0 bridgehead atoms. The number of nitrogens with zero attached hydrogens (tertiary/aromatic N) is 2. The van der Waals surface area contributed by atoms with Gasteiger partial charge in [-0.15, -0.1) is 0 Å². The second-order valence-electron chi connectivity index (χ2n) is 5.71. The molecule has 0 spiro atoms. The number of nitrogens with one attached hydrogen (secondary N) is 1. The maximum atomic E-state index is 12.9. The molecule has 5 nitrogen and oxygen atoms in total. The van der Waals surface area contributed by atoms with Crippen LogP contribution in [0.2, 0.25) is 0 Å². The lowest BCUT2D eigenvalue weighted by Gasteiger charge is -2.45. The second-order valence-corrected chi connectivity index (χ2v) is 7.19. The third-order valence-electron chi connectivity index (χ3n) is 4.03. The number of hydrogen-bond donors (Lipinski definition) is 2. The first-order valence-corrected chi connectivity index (χ1v) is 8.98. The zero-order valence-electron chi connectivity index (χ0n) is 13.4. The molecule has 3 rings (SSSR count). The van der Waals surface area contributed by atoms with Gasteiger partial charge in [0.1, 0.15) is 11.6 Å². The summed E-state index contributed by atoms with van der Waals surface area (Å²) in [6.07, 6.45) is 3.39. The van der Waals surface area contributed by atoms with Crippen molar-refractivity contribution in [3.8, 4) is 11.6 Å². The Morgan fingerprint density at radius 3 is 2.83 bits per heavy atom. The van der Waals surface area contributed by atoms with Crippen LogP contribution in [0.5, 0.6) is 11.6 Å². The summed E-state index contributed by atoms with van der Waals surface area (Å²) in [7, 11) is 0. The molecule has 1 fully saturated rings. The summed E-state index contributed by atoms with van der Waals surface area (Å²) in [6.45, 7) is 2.50. The zero-order valence-corrected chi connectivity index (χ0v) is 14.2. The Kier molecular flexibility index (Phi) is 5.20. The van der Waals surface area contributed by atoms with E-state index in [-0.39, 0.29) is 11.1 Å². The topological polar surface area (TPSA) is 67.3 Å². The maximum Gasteiger partial charge on any atom is 0.226 e. The van der Waals surface area contributed by atoms with E-state index in [1.165, 1.54) is 24.3 Å². The number of aliphatic hydroxyl groups is 1. The third-order valence-corrected chi connectivity index (χ3v) is 5.44. The van der Waals surface area contributed by atoms with Gasteiger partial charge in [0.2, 0.25) is 11.8 Å². The number of aromatic nitrogens is 2. The molecule has 2 atom stereocenters. The van der Waals surface area contributed by atoms with E-state index in [0.29, 0.717) is 24.1 Å². The van der Waals surface area contributed by atoms with E-state index in [1.54, 1.807) is 24.0 Å². The molecule has 1 aliphatic carbocycles. The van der Waals surface area contributed by atoms with Crippen LogP contribution in [-0.2, 0) is 0 Å². The molecule has 24 heavy (non-hydrogen) atoms. The lowest BCUT2D eigenvalue weighted by atomic mass is 9.79. The van der Waals surface area contributed by atoms with Crippen molar-refractivity contribution in [2.24, 2.45) is 0 Å². The maximum absolute atomic E-state index is 12.9. The van der Waals surface area contributed by atoms with Gasteiger partial charge >= 0.3 is 0 Å². The van der Waals surface area contributed by atoms with Crippen molar-refractivity contribution in [1.82, 2.24) is 9.97 Å². The summed E-state index contributed by atoms with van der Waals surface area (Å²) in [4.78, 5) is 8.41. The molecule has 1 heterocycles. The van der Waals surface area contributed by atoms with Gasteiger partial charge in [0, 0.05) is 24.1 Å². The van der Waals surface area contributed by atoms with Gasteiger partial charge < -0.3 is 15.2 Å². The van der Waals surface area contributed by atoms with Gasteiger partial charge in [-0.1, -0.05) is 6.92 Å². The number of thioether (sulfide) groups is 1. The lowest BCUT2D eigenvalue weighted by Crippen LogP contribution is -2.54. The van der Waals surface area contributed by atoms with Gasteiger partial charge in [-0.2, -0.15) is 16.7 Å². The summed E-state index contributed by atoms with van der Waals surface area (Å²) in [6, 6.07) is 7.35. The van der Waals surface area contributed by atoms with Crippen LogP contribution in [-0.4, -0.2) is 38.2 Å². The average Bonchev–Trinajstić information content (AvgIpc) is 2.59. The number of benzene rings is 1. The highest BCUT2D eigenvalue weighted by Crippen LogP contribution is 2.41. The third kappa shape index (κ3) is 3.96. The first-order chi connectivity index (χ1) is 11.6. The smallest absolute Gasteiger partial charge is 0.226 e. The van der Waals surface area contributed by atoms with E-state index in [9.17, 15) is 9.50 Å². The van der Waals surface area contributed by atoms with Gasteiger partial charge in [0.15, 0.2) is 0 Å². The number of anilines is 1. The molecule has 0 amide bonds. The van der Waals surface area contributed by atoms with Crippen molar-refractivity contribution in [3.05, 3.63) is 42.3 Å². The van der Waals surface area contributed by atoms with Crippen LogP contribution >= 0.6 is 11.8 Å². The van der Waals surface area contributed by atoms with E-state index in [2.05, 4.69) is 22.2 Å². The summed E-state index contributed by atoms with van der Waals surface area (Å²) in [5.74, 6) is 1.93. The molecule has 2 aromatic rings. The largest absolute Gasteiger partial charge is 0.439 e. The van der Waals surface area contributed by atoms with Crippen molar-refractivity contribution < 1.29 is 14.2 Å². The van der Waals surface area contributed by atoms with Crippen molar-refractivity contribution >= 4 is 17.7 Å². The first kappa shape index (κ1) is 17.0. The average molecular weight is 349 g/mol. The standard InChI is InChI=1S/C17H20FN3O2S/c1-2-24-14-7-9-17(14,22)11-20-16-19-10-8-15(21-16)23-13-5-3-12(18)4-6-13/h3-6,8,10,14,22H,2,7,9,11H2,1H3,(H,19,20,21). The molecule has 7 heteroatoms. The minimum atomic E-state index is -0.710. The Hall–Kier alpha value is -1.86. The first-order valence-electron chi connectivity index (χ1n) is 7.93. The van der Waals surface area contributed by atoms with Crippen LogP contribution in [0.4, 0.5) is 10.3 Å². The molecule has 0 radical (unpaired) electrons. The van der Waals surface area contributed by atoms with E-state index in [4.69, 9.17) is 4.74 Å². The predicted octanol–water partition coefficient (Wildman–Crippen LogP) is 3.47. The summed E-state index contributed by atoms with van der Waals surface area (Å²) >= 11 is 1.78. The Labute approximate surface area is 144 Å². The summed E-state index contributed by atoms with van der Waals surface area (Å²) in [5, 5.41) is 13.9. The molecular formula is C17H20FN3O2S. The van der Waals surface area contributed by atoms with Gasteiger partial charge in [0.05, 0.1) is 5.60 Å². The van der Waals surface area contributed by atoms with Crippen LogP contribution in [0.15, 0.2) is 36.5 Å². The molecule has 1 aliphatic rings. The van der Waals surface area contributed by atoms with Crippen LogP contribution < -0.4 is 10.1 Å². The fraction of sp³-hybridized carbons (Fsp3) is 0.412. The Bertz CT molecular complexity index is 686. The monoisotopic (exact) mass is 349 g/mol. The minimum absolute atomic E-state index is 0.258. The van der Waals surface area contributed by atoms with Crippen molar-refractivity contribution in [2.75, 3.05) is 17.6 Å². The quantitative estimate of drug-likeness (QED) is 0.798. The van der Waals surface area contributed by atoms with E-state index in [1.807, 2.05) is 0 Å². The van der Waals surface area contributed by atoms with Gasteiger partial charge in [0.25, 0.3) is 0 Å². The van der Waals surface area contributed by atoms with Crippen LogP contribution in [0, 0.1) is 5.82 Å². The van der Waals surface area contributed by atoms with E-state index in [0.717, 1.165) is 18.6 Å². The molecule has 1 aromatic carbocycles. The van der Waals surface area contributed by atoms with E-state index >= 15 is 0 Å². The van der Waals surface area contributed by atoms with Crippen molar-refractivity contribution in [1.29, 1.82) is 0 Å². The predicted molar refractivity (Wildman–Crippen MR) is 93.1 cm³/mol. The Morgan fingerprint density at radius 2 is 2.17 bits per heavy atom. The van der Waals surface area contributed by atoms with Gasteiger partial charge in [-0.05, 0) is 42.9 Å². The SMILES string of the molecule is CCSC1CCC1(O)CNc1nccc(Oc2ccc(F)cc2)n1. The lowest BCUT2D eigenvalue weighted by molar-refractivity contribution is -0.0121. The van der Waals surface area contributed by atoms with Gasteiger partial charge in [-0.3, -0.25) is 0 Å². The van der Waals surface area contributed by atoms with Crippen LogP contribution in [0.1, 0.15) is 19.8 Å². The van der Waals surface area contributed by atoms with Crippen molar-refractivity contribution in [2.45, 2.75) is 30.6 Å². The molecule has 2 unspecified atom stereocenters. The number of halogens is 1.